The first-order valence-corrected chi connectivity index (χ1v) is 5.37. The summed E-state index contributed by atoms with van der Waals surface area (Å²) in [5, 5.41) is 0. The van der Waals surface area contributed by atoms with Crippen molar-refractivity contribution in [3.63, 3.8) is 0 Å². The van der Waals surface area contributed by atoms with Gasteiger partial charge in [0.05, 0.1) is 0 Å². The maximum absolute atomic E-state index is 7.33. The van der Waals surface area contributed by atoms with Crippen molar-refractivity contribution in [2.75, 3.05) is 0 Å². The molecule has 14 heteroatoms. The molecule has 0 saturated heterocycles. The van der Waals surface area contributed by atoms with Gasteiger partial charge < -0.3 is 38.4 Å². The molecule has 0 aromatic rings. The second-order valence-electron chi connectivity index (χ2n) is 1.20. The average Bonchev–Trinajstić information content (AvgIpc) is 1.12. The quantitative estimate of drug-likeness (QED) is 0.204. The Morgan fingerprint density at radius 2 is 0.357 bits per heavy atom. The Morgan fingerprint density at radius 3 is 0.357 bits per heavy atom. The van der Waals surface area contributed by atoms with Crippen LogP contribution >= 0.6 is 0 Å². The van der Waals surface area contributed by atoms with Crippen LogP contribution in [0, 0.1) is 0 Å². The van der Waals surface area contributed by atoms with Crippen molar-refractivity contribution in [2.24, 2.45) is 0 Å². The maximum Gasteiger partial charge on any atom is 0.668 e. The molecule has 0 aliphatic carbocycles. The molecule has 0 heterocycles. The van der Waals surface area contributed by atoms with E-state index in [4.69, 9.17) is 38.4 Å². The van der Waals surface area contributed by atoms with Crippen molar-refractivity contribution in [3.05, 3.63) is 0 Å². The average molecular weight is 284 g/mol. The van der Waals surface area contributed by atoms with Crippen LogP contribution in [0.2, 0.25) is 0 Å². The van der Waals surface area contributed by atoms with E-state index in [9.17, 15) is 0 Å². The van der Waals surface area contributed by atoms with Gasteiger partial charge in [-0.1, -0.05) is 0 Å². The summed E-state index contributed by atoms with van der Waals surface area (Å²) in [5.41, 5.74) is 0. The number of hydrogen-bond donors (Lipinski definition) is 8. The van der Waals surface area contributed by atoms with E-state index in [0.717, 1.165) is 0 Å². The molecule has 0 rings (SSSR count). The zero-order valence-corrected chi connectivity index (χ0v) is 18.6. The molecule has 0 atom stereocenters. The molecule has 0 unspecified atom stereocenters. The van der Waals surface area contributed by atoms with Gasteiger partial charge in [0.1, 0.15) is 0 Å². The Kier molecular flexibility index (Phi) is 44.2. The predicted molar refractivity (Wildman–Crippen MR) is 52.3 cm³/mol. The van der Waals surface area contributed by atoms with E-state index in [1.165, 1.54) is 0 Å². The van der Waals surface area contributed by atoms with Crippen LogP contribution in [0.25, 0.3) is 0 Å². The third-order valence-electron chi connectivity index (χ3n) is 0. The molecule has 0 aliphatic heterocycles. The van der Waals surface area contributed by atoms with E-state index in [-0.39, 0.29) is 118 Å². The summed E-state index contributed by atoms with van der Waals surface area (Å²) in [6.45, 7) is 0. The fourth-order valence-corrected chi connectivity index (χ4v) is 0. The van der Waals surface area contributed by atoms with Crippen LogP contribution in [-0.4, -0.2) is 175 Å². The first-order chi connectivity index (χ1) is 4.00. The van der Waals surface area contributed by atoms with Crippen molar-refractivity contribution in [3.8, 4) is 0 Å². The SMILES string of the molecule is O[Si](O)(O)O.O[Si](O)(O)O.[Na].[Na].[Na].[Na]. The van der Waals surface area contributed by atoms with Crippen LogP contribution in [0.4, 0.5) is 0 Å². The Balaban J connectivity index is -0.0000000178. The molecular formula is H8Na4O8Si2. The van der Waals surface area contributed by atoms with Gasteiger partial charge in [-0.2, -0.15) is 0 Å². The number of rotatable bonds is 0. The Morgan fingerprint density at radius 1 is 0.357 bits per heavy atom. The molecule has 0 bridgehead atoms. The first-order valence-electron chi connectivity index (χ1n) is 1.79. The molecular weight excluding hydrogens is 276 g/mol. The minimum atomic E-state index is -4.61. The van der Waals surface area contributed by atoms with Crippen molar-refractivity contribution in [1.29, 1.82) is 0 Å². The van der Waals surface area contributed by atoms with Crippen molar-refractivity contribution < 1.29 is 38.4 Å². The Labute approximate surface area is 171 Å². The molecule has 8 N–H and O–H groups in total. The standard InChI is InChI=1S/4Na.2H4O4Si/c;;;;2*1-5(2,3)4/h;;;;2*1-4H. The topological polar surface area (TPSA) is 162 Å². The van der Waals surface area contributed by atoms with Crippen molar-refractivity contribution in [1.82, 2.24) is 0 Å². The van der Waals surface area contributed by atoms with Crippen LogP contribution in [0.3, 0.4) is 0 Å². The van der Waals surface area contributed by atoms with E-state index in [2.05, 4.69) is 0 Å². The summed E-state index contributed by atoms with van der Waals surface area (Å²) in [5.74, 6) is 0. The molecule has 0 aromatic carbocycles. The molecule has 14 heavy (non-hydrogen) atoms. The van der Waals surface area contributed by atoms with Crippen LogP contribution in [0.15, 0.2) is 0 Å². The van der Waals surface area contributed by atoms with E-state index in [1.54, 1.807) is 0 Å². The van der Waals surface area contributed by atoms with E-state index >= 15 is 0 Å². The van der Waals surface area contributed by atoms with Crippen molar-refractivity contribution >= 4 is 136 Å². The summed E-state index contributed by atoms with van der Waals surface area (Å²) >= 11 is 0. The third kappa shape index (κ3) is 218. The molecule has 8 nitrogen and oxygen atoms in total. The van der Waals surface area contributed by atoms with Gasteiger partial charge >= 0.3 is 18.1 Å². The van der Waals surface area contributed by atoms with Gasteiger partial charge in [0.2, 0.25) is 0 Å². The second-order valence-corrected chi connectivity index (χ2v) is 3.60. The van der Waals surface area contributed by atoms with Crippen LogP contribution in [0.5, 0.6) is 0 Å². The van der Waals surface area contributed by atoms with Gasteiger partial charge in [0.15, 0.2) is 0 Å². The maximum atomic E-state index is 7.33. The van der Waals surface area contributed by atoms with Crippen LogP contribution < -0.4 is 0 Å². The van der Waals surface area contributed by atoms with Gasteiger partial charge in [0, 0.05) is 118 Å². The van der Waals surface area contributed by atoms with Gasteiger partial charge in [-0.15, -0.1) is 0 Å². The monoisotopic (exact) mass is 284 g/mol. The van der Waals surface area contributed by atoms with Gasteiger partial charge in [0.25, 0.3) is 0 Å². The molecule has 0 aliphatic rings. The molecule has 0 fully saturated rings. The minimum Gasteiger partial charge on any atom is -0.368 e. The molecule has 0 saturated carbocycles. The molecule has 0 spiro atoms. The molecule has 68 valence electrons. The molecule has 0 amide bonds. The number of hydrogen-bond acceptors (Lipinski definition) is 8. The van der Waals surface area contributed by atoms with E-state index in [0.29, 0.717) is 0 Å². The summed E-state index contributed by atoms with van der Waals surface area (Å²) in [6, 6.07) is 0. The normalized spacial score (nSPS) is 8.57. The van der Waals surface area contributed by atoms with Gasteiger partial charge in [-0.25, -0.2) is 0 Å². The van der Waals surface area contributed by atoms with Gasteiger partial charge in [-0.3, -0.25) is 0 Å². The zero-order chi connectivity index (χ0) is 9.00. The Hall–Kier alpha value is 4.11. The second kappa shape index (κ2) is 17.1. The summed E-state index contributed by atoms with van der Waals surface area (Å²) < 4.78 is 0. The summed E-state index contributed by atoms with van der Waals surface area (Å²) in [7, 11) is -9.22. The minimum absolute atomic E-state index is 0. The van der Waals surface area contributed by atoms with E-state index in [1.807, 2.05) is 0 Å². The predicted octanol–water partition coefficient (Wildman–Crippen LogP) is -6.74. The third-order valence-corrected chi connectivity index (χ3v) is 0. The van der Waals surface area contributed by atoms with Crippen LogP contribution in [0.1, 0.15) is 0 Å². The fourth-order valence-electron chi connectivity index (χ4n) is 0. The smallest absolute Gasteiger partial charge is 0.368 e. The fraction of sp³-hybridized carbons (Fsp3) is 0. The van der Waals surface area contributed by atoms with Crippen LogP contribution in [-0.2, 0) is 0 Å². The summed E-state index contributed by atoms with van der Waals surface area (Å²) in [6.07, 6.45) is 0. The zero-order valence-electron chi connectivity index (χ0n) is 8.58. The van der Waals surface area contributed by atoms with E-state index < -0.39 is 18.1 Å². The largest absolute Gasteiger partial charge is 0.668 e. The first kappa shape index (κ1) is 36.2. The van der Waals surface area contributed by atoms with Crippen molar-refractivity contribution in [2.45, 2.75) is 0 Å². The molecule has 4 radical (unpaired) electrons. The summed E-state index contributed by atoms with van der Waals surface area (Å²) in [4.78, 5) is 58.6. The molecule has 0 aromatic heterocycles. The Bertz CT molecular complexity index is 62.3. The van der Waals surface area contributed by atoms with Gasteiger partial charge in [-0.05, 0) is 0 Å².